The van der Waals surface area contributed by atoms with Crippen molar-refractivity contribution in [2.45, 2.75) is 26.1 Å². The highest BCUT2D eigenvalue weighted by Gasteiger charge is 2.16. The Kier molecular flexibility index (Phi) is 7.98. The van der Waals surface area contributed by atoms with E-state index in [4.69, 9.17) is 32.7 Å². The van der Waals surface area contributed by atoms with Crippen LogP contribution in [0.15, 0.2) is 72.8 Å². The molecule has 0 aliphatic carbocycles. The second kappa shape index (κ2) is 10.9. The summed E-state index contributed by atoms with van der Waals surface area (Å²) in [6, 6.07) is 20.3. The van der Waals surface area contributed by atoms with Gasteiger partial charge in [0.1, 0.15) is 11.5 Å². The predicted octanol–water partition coefficient (Wildman–Crippen LogP) is 5.81. The standard InChI is InChI=1S/C24H22Cl2N2O4/c1-15(31-21-11-3-17(25)4-12-21)23(29)27-19-7-9-20(10-8-19)28-24(30)16(2)32-22-13-5-18(26)6-14-22/h3-16H,1-2H3,(H,27,29)(H,28,30). The van der Waals surface area contributed by atoms with Gasteiger partial charge in [0.15, 0.2) is 12.2 Å². The Balaban J connectivity index is 1.50. The summed E-state index contributed by atoms with van der Waals surface area (Å²) in [7, 11) is 0. The zero-order valence-corrected chi connectivity index (χ0v) is 19.0. The van der Waals surface area contributed by atoms with Crippen molar-refractivity contribution in [1.82, 2.24) is 0 Å². The molecule has 0 spiro atoms. The number of carbonyl (C=O) groups is 2. The molecule has 0 aliphatic heterocycles. The van der Waals surface area contributed by atoms with Gasteiger partial charge in [0.25, 0.3) is 11.8 Å². The Labute approximate surface area is 196 Å². The first kappa shape index (κ1) is 23.4. The fourth-order valence-electron chi connectivity index (χ4n) is 2.67. The van der Waals surface area contributed by atoms with Crippen LogP contribution in [0.5, 0.6) is 11.5 Å². The fourth-order valence-corrected chi connectivity index (χ4v) is 2.92. The van der Waals surface area contributed by atoms with Crippen molar-refractivity contribution in [3.8, 4) is 11.5 Å². The van der Waals surface area contributed by atoms with E-state index < -0.39 is 12.2 Å². The van der Waals surface area contributed by atoms with Gasteiger partial charge in [0.05, 0.1) is 0 Å². The SMILES string of the molecule is CC(Oc1ccc(Cl)cc1)C(=O)Nc1ccc(NC(=O)C(C)Oc2ccc(Cl)cc2)cc1. The lowest BCUT2D eigenvalue weighted by atomic mass is 10.2. The van der Waals surface area contributed by atoms with Crippen LogP contribution >= 0.6 is 23.2 Å². The van der Waals surface area contributed by atoms with Crippen LogP contribution in [0.2, 0.25) is 10.0 Å². The van der Waals surface area contributed by atoms with E-state index in [1.54, 1.807) is 86.6 Å². The van der Waals surface area contributed by atoms with Crippen molar-refractivity contribution < 1.29 is 19.1 Å². The molecule has 0 aromatic heterocycles. The summed E-state index contributed by atoms with van der Waals surface area (Å²) in [5.41, 5.74) is 1.15. The minimum absolute atomic E-state index is 0.304. The molecule has 3 aromatic rings. The van der Waals surface area contributed by atoms with Crippen LogP contribution in [0.3, 0.4) is 0 Å². The normalized spacial score (nSPS) is 12.4. The maximum Gasteiger partial charge on any atom is 0.265 e. The Morgan fingerprint density at radius 2 is 0.938 bits per heavy atom. The van der Waals surface area contributed by atoms with Crippen molar-refractivity contribution >= 4 is 46.4 Å². The minimum atomic E-state index is -0.707. The zero-order chi connectivity index (χ0) is 23.1. The van der Waals surface area contributed by atoms with Crippen molar-refractivity contribution in [3.05, 3.63) is 82.8 Å². The number of hydrogen-bond donors (Lipinski definition) is 2. The third kappa shape index (κ3) is 6.90. The van der Waals surface area contributed by atoms with Gasteiger partial charge in [0.2, 0.25) is 0 Å². The summed E-state index contributed by atoms with van der Waals surface area (Å²) in [4.78, 5) is 24.7. The molecular weight excluding hydrogens is 451 g/mol. The number of benzene rings is 3. The molecule has 2 amide bonds. The number of ether oxygens (including phenoxy) is 2. The van der Waals surface area contributed by atoms with E-state index in [9.17, 15) is 9.59 Å². The van der Waals surface area contributed by atoms with Crippen molar-refractivity contribution in [1.29, 1.82) is 0 Å². The summed E-state index contributed by atoms with van der Waals surface area (Å²) in [5.74, 6) is 0.485. The number of carbonyl (C=O) groups excluding carboxylic acids is 2. The van der Waals surface area contributed by atoms with Gasteiger partial charge in [-0.25, -0.2) is 0 Å². The Morgan fingerprint density at radius 1 is 0.625 bits per heavy atom. The maximum absolute atomic E-state index is 12.4. The zero-order valence-electron chi connectivity index (χ0n) is 17.5. The molecule has 0 bridgehead atoms. The van der Waals surface area contributed by atoms with Crippen molar-refractivity contribution in [2.75, 3.05) is 10.6 Å². The molecule has 3 rings (SSSR count). The molecule has 0 saturated carbocycles. The Morgan fingerprint density at radius 3 is 1.25 bits per heavy atom. The fraction of sp³-hybridized carbons (Fsp3) is 0.167. The van der Waals surface area contributed by atoms with Crippen molar-refractivity contribution in [2.24, 2.45) is 0 Å². The molecule has 2 unspecified atom stereocenters. The molecule has 6 nitrogen and oxygen atoms in total. The summed E-state index contributed by atoms with van der Waals surface area (Å²) >= 11 is 11.7. The number of halogens is 2. The third-order valence-electron chi connectivity index (χ3n) is 4.41. The van der Waals surface area contributed by atoms with Gasteiger partial charge in [-0.1, -0.05) is 23.2 Å². The number of amides is 2. The van der Waals surface area contributed by atoms with Crippen LogP contribution in [0.1, 0.15) is 13.8 Å². The van der Waals surface area contributed by atoms with Crippen LogP contribution < -0.4 is 20.1 Å². The molecule has 3 aromatic carbocycles. The Hall–Kier alpha value is -3.22. The predicted molar refractivity (Wildman–Crippen MR) is 127 cm³/mol. The van der Waals surface area contributed by atoms with E-state index in [1.807, 2.05) is 0 Å². The van der Waals surface area contributed by atoms with Crippen LogP contribution in [-0.4, -0.2) is 24.0 Å². The highest BCUT2D eigenvalue weighted by Crippen LogP contribution is 2.20. The van der Waals surface area contributed by atoms with E-state index in [0.29, 0.717) is 32.9 Å². The lowest BCUT2D eigenvalue weighted by molar-refractivity contribution is -0.122. The van der Waals surface area contributed by atoms with Gasteiger partial charge in [0, 0.05) is 21.4 Å². The lowest BCUT2D eigenvalue weighted by Gasteiger charge is -2.16. The van der Waals surface area contributed by atoms with Crippen LogP contribution in [0, 0.1) is 0 Å². The summed E-state index contributed by atoms with van der Waals surface area (Å²) in [6.45, 7) is 3.31. The topological polar surface area (TPSA) is 76.7 Å². The second-order valence-electron chi connectivity index (χ2n) is 6.98. The number of rotatable bonds is 8. The number of anilines is 2. The van der Waals surface area contributed by atoms with Gasteiger partial charge in [-0.3, -0.25) is 9.59 Å². The average molecular weight is 473 g/mol. The minimum Gasteiger partial charge on any atom is -0.481 e. The molecule has 2 atom stereocenters. The Bertz CT molecular complexity index is 968. The van der Waals surface area contributed by atoms with E-state index in [1.165, 1.54) is 0 Å². The van der Waals surface area contributed by atoms with E-state index in [0.717, 1.165) is 0 Å². The first-order valence-electron chi connectivity index (χ1n) is 9.86. The first-order valence-corrected chi connectivity index (χ1v) is 10.6. The van der Waals surface area contributed by atoms with Crippen molar-refractivity contribution in [3.63, 3.8) is 0 Å². The largest absolute Gasteiger partial charge is 0.481 e. The lowest BCUT2D eigenvalue weighted by Crippen LogP contribution is -2.30. The van der Waals surface area contributed by atoms with Gasteiger partial charge >= 0.3 is 0 Å². The van der Waals surface area contributed by atoms with Gasteiger partial charge in [-0.15, -0.1) is 0 Å². The monoisotopic (exact) mass is 472 g/mol. The molecule has 0 aliphatic rings. The van der Waals surface area contributed by atoms with Crippen LogP contribution in [0.4, 0.5) is 11.4 Å². The molecule has 32 heavy (non-hydrogen) atoms. The molecule has 2 N–H and O–H groups in total. The van der Waals surface area contributed by atoms with E-state index >= 15 is 0 Å². The van der Waals surface area contributed by atoms with E-state index in [-0.39, 0.29) is 11.8 Å². The quantitative estimate of drug-likeness (QED) is 0.433. The second-order valence-corrected chi connectivity index (χ2v) is 7.86. The molecular formula is C24H22Cl2N2O4. The highest BCUT2D eigenvalue weighted by molar-refractivity contribution is 6.30. The molecule has 0 saturated heterocycles. The molecule has 0 radical (unpaired) electrons. The molecule has 8 heteroatoms. The highest BCUT2D eigenvalue weighted by atomic mass is 35.5. The molecule has 166 valence electrons. The first-order chi connectivity index (χ1) is 15.3. The molecule has 0 fully saturated rings. The number of hydrogen-bond acceptors (Lipinski definition) is 4. The van der Waals surface area contributed by atoms with Gasteiger partial charge in [-0.05, 0) is 86.6 Å². The van der Waals surface area contributed by atoms with Crippen LogP contribution in [-0.2, 0) is 9.59 Å². The summed E-state index contributed by atoms with van der Waals surface area (Å²) in [5, 5.41) is 6.73. The van der Waals surface area contributed by atoms with Gasteiger partial charge in [-0.2, -0.15) is 0 Å². The summed E-state index contributed by atoms with van der Waals surface area (Å²) in [6.07, 6.45) is -1.41. The molecule has 0 heterocycles. The van der Waals surface area contributed by atoms with Crippen LogP contribution in [0.25, 0.3) is 0 Å². The van der Waals surface area contributed by atoms with E-state index in [2.05, 4.69) is 10.6 Å². The summed E-state index contributed by atoms with van der Waals surface area (Å²) < 4.78 is 11.2. The van der Waals surface area contributed by atoms with Gasteiger partial charge < -0.3 is 20.1 Å². The number of nitrogens with one attached hydrogen (secondary N) is 2. The third-order valence-corrected chi connectivity index (χ3v) is 4.92. The average Bonchev–Trinajstić information content (AvgIpc) is 2.78. The smallest absolute Gasteiger partial charge is 0.265 e. The maximum atomic E-state index is 12.4.